The molecule has 2 heterocycles. The van der Waals surface area contributed by atoms with Gasteiger partial charge in [-0.2, -0.15) is 0 Å². The fourth-order valence-corrected chi connectivity index (χ4v) is 4.29. The molecular weight excluding hydrogens is 327 g/mol. The zero-order chi connectivity index (χ0) is 17.9. The van der Waals surface area contributed by atoms with E-state index in [4.69, 9.17) is 0 Å². The topological polar surface area (TPSA) is 23.6 Å². The van der Waals surface area contributed by atoms with Crippen molar-refractivity contribution in [2.45, 2.75) is 25.4 Å². The van der Waals surface area contributed by atoms with Crippen molar-refractivity contribution in [1.82, 2.24) is 9.80 Å². The predicted octanol–water partition coefficient (Wildman–Crippen LogP) is 3.60. The van der Waals surface area contributed by atoms with Crippen LogP contribution in [0.15, 0.2) is 54.6 Å². The maximum atomic E-state index is 13.1. The lowest BCUT2D eigenvalue weighted by atomic mass is 9.86. The summed E-state index contributed by atoms with van der Waals surface area (Å²) < 4.78 is 13.1. The van der Waals surface area contributed by atoms with E-state index in [2.05, 4.69) is 40.1 Å². The van der Waals surface area contributed by atoms with Crippen molar-refractivity contribution in [2.75, 3.05) is 26.2 Å². The number of benzene rings is 2. The summed E-state index contributed by atoms with van der Waals surface area (Å²) in [6.07, 6.45) is 1.99. The summed E-state index contributed by atoms with van der Waals surface area (Å²) in [5, 5.41) is 0. The molecule has 0 amide bonds. The molecule has 4 heteroatoms. The highest BCUT2D eigenvalue weighted by Gasteiger charge is 2.35. The number of halogens is 1. The Morgan fingerprint density at radius 1 is 0.962 bits per heavy atom. The Bertz CT molecular complexity index is 746. The van der Waals surface area contributed by atoms with Gasteiger partial charge in [0.1, 0.15) is 5.82 Å². The Morgan fingerprint density at radius 3 is 2.50 bits per heavy atom. The van der Waals surface area contributed by atoms with Gasteiger partial charge in [-0.05, 0) is 42.7 Å². The van der Waals surface area contributed by atoms with Gasteiger partial charge in [-0.15, -0.1) is 0 Å². The molecule has 2 aliphatic rings. The molecule has 2 aromatic rings. The van der Waals surface area contributed by atoms with Gasteiger partial charge in [0.25, 0.3) is 0 Å². The summed E-state index contributed by atoms with van der Waals surface area (Å²) in [5.74, 6) is -0.0904. The lowest BCUT2D eigenvalue weighted by molar-refractivity contribution is 0.0249. The molecule has 3 nitrogen and oxygen atoms in total. The van der Waals surface area contributed by atoms with Crippen molar-refractivity contribution < 1.29 is 9.18 Å². The highest BCUT2D eigenvalue weighted by Crippen LogP contribution is 2.28. The molecule has 136 valence electrons. The largest absolute Gasteiger partial charge is 0.297 e. The van der Waals surface area contributed by atoms with Crippen molar-refractivity contribution in [3.05, 3.63) is 71.5 Å². The van der Waals surface area contributed by atoms with Crippen LogP contribution < -0.4 is 0 Å². The Balaban J connectivity index is 1.34. The molecule has 26 heavy (non-hydrogen) atoms. The van der Waals surface area contributed by atoms with E-state index in [0.717, 1.165) is 45.6 Å². The van der Waals surface area contributed by atoms with Crippen LogP contribution in [0.3, 0.4) is 0 Å². The molecular formula is C22H25FN2O. The first-order chi connectivity index (χ1) is 12.7. The summed E-state index contributed by atoms with van der Waals surface area (Å²) in [7, 11) is 0. The van der Waals surface area contributed by atoms with Gasteiger partial charge in [-0.25, -0.2) is 4.39 Å². The molecule has 0 saturated carbocycles. The number of hydrogen-bond donors (Lipinski definition) is 0. The number of hydrogen-bond acceptors (Lipinski definition) is 3. The molecule has 0 aliphatic carbocycles. The van der Waals surface area contributed by atoms with Gasteiger partial charge in [0.15, 0.2) is 5.78 Å². The number of ketones is 1. The first-order valence-electron chi connectivity index (χ1n) is 9.49. The third-order valence-electron chi connectivity index (χ3n) is 5.74. The van der Waals surface area contributed by atoms with Crippen LogP contribution >= 0.6 is 0 Å². The number of fused-ring (bicyclic) bond motifs is 1. The second kappa shape index (κ2) is 7.68. The van der Waals surface area contributed by atoms with Crippen LogP contribution in [0, 0.1) is 11.7 Å². The van der Waals surface area contributed by atoms with E-state index in [0.29, 0.717) is 11.6 Å². The van der Waals surface area contributed by atoms with Crippen LogP contribution in [-0.2, 0) is 6.54 Å². The van der Waals surface area contributed by atoms with Crippen molar-refractivity contribution >= 4 is 5.78 Å². The zero-order valence-electron chi connectivity index (χ0n) is 15.0. The monoisotopic (exact) mass is 352 g/mol. The smallest absolute Gasteiger partial charge is 0.167 e. The van der Waals surface area contributed by atoms with Gasteiger partial charge in [-0.3, -0.25) is 14.6 Å². The zero-order valence-corrected chi connectivity index (χ0v) is 15.0. The van der Waals surface area contributed by atoms with E-state index in [1.165, 1.54) is 17.7 Å². The fourth-order valence-electron chi connectivity index (χ4n) is 4.29. The van der Waals surface area contributed by atoms with Crippen LogP contribution in [0.4, 0.5) is 4.39 Å². The minimum Gasteiger partial charge on any atom is -0.297 e. The summed E-state index contributed by atoms with van der Waals surface area (Å²) in [4.78, 5) is 17.7. The molecule has 2 saturated heterocycles. The number of nitrogens with zero attached hydrogens (tertiary/aromatic N) is 2. The van der Waals surface area contributed by atoms with Gasteiger partial charge >= 0.3 is 0 Å². The molecule has 2 aliphatic heterocycles. The minimum atomic E-state index is -0.292. The molecule has 0 N–H and O–H groups in total. The van der Waals surface area contributed by atoms with Crippen molar-refractivity contribution in [3.8, 4) is 0 Å². The summed E-state index contributed by atoms with van der Waals surface area (Å²) >= 11 is 0. The van der Waals surface area contributed by atoms with E-state index in [1.54, 1.807) is 12.1 Å². The third-order valence-corrected chi connectivity index (χ3v) is 5.74. The maximum Gasteiger partial charge on any atom is 0.167 e. The third kappa shape index (κ3) is 3.87. The Labute approximate surface area is 154 Å². The van der Waals surface area contributed by atoms with Crippen LogP contribution in [-0.4, -0.2) is 47.8 Å². The Morgan fingerprint density at radius 2 is 1.73 bits per heavy atom. The summed E-state index contributed by atoms with van der Waals surface area (Å²) in [6.45, 7) is 4.98. The van der Waals surface area contributed by atoms with Crippen molar-refractivity contribution in [3.63, 3.8) is 0 Å². The number of rotatable bonds is 4. The van der Waals surface area contributed by atoms with Gasteiger partial charge in [-0.1, -0.05) is 30.3 Å². The number of Topliss-reactive ketones (excluding diaryl/α,β-unsaturated/α-hetero) is 1. The number of carbonyl (C=O) groups is 1. The highest BCUT2D eigenvalue weighted by atomic mass is 19.1. The Hall–Kier alpha value is -2.04. The van der Waals surface area contributed by atoms with E-state index in [1.807, 2.05) is 0 Å². The second-order valence-corrected chi connectivity index (χ2v) is 7.51. The highest BCUT2D eigenvalue weighted by molar-refractivity contribution is 5.98. The molecule has 2 fully saturated rings. The van der Waals surface area contributed by atoms with Gasteiger partial charge in [0.05, 0.1) is 0 Å². The van der Waals surface area contributed by atoms with E-state index in [9.17, 15) is 9.18 Å². The lowest BCUT2D eigenvalue weighted by Crippen LogP contribution is -2.56. The lowest BCUT2D eigenvalue weighted by Gasteiger charge is -2.46. The number of carbonyl (C=O) groups excluding carboxylic acids is 1. The van der Waals surface area contributed by atoms with Crippen LogP contribution in [0.2, 0.25) is 0 Å². The van der Waals surface area contributed by atoms with E-state index in [-0.39, 0.29) is 17.5 Å². The average Bonchev–Trinajstić information content (AvgIpc) is 2.68. The fraction of sp³-hybridized carbons (Fsp3) is 0.409. The first-order valence-corrected chi connectivity index (χ1v) is 9.49. The molecule has 2 aromatic carbocycles. The van der Waals surface area contributed by atoms with E-state index < -0.39 is 0 Å². The van der Waals surface area contributed by atoms with Gasteiger partial charge in [0.2, 0.25) is 0 Å². The second-order valence-electron chi connectivity index (χ2n) is 7.51. The van der Waals surface area contributed by atoms with Crippen LogP contribution in [0.5, 0.6) is 0 Å². The normalized spacial score (nSPS) is 24.2. The Kier molecular flexibility index (Phi) is 5.14. The molecule has 0 aromatic heterocycles. The quantitative estimate of drug-likeness (QED) is 0.786. The van der Waals surface area contributed by atoms with E-state index >= 15 is 0 Å². The average molecular weight is 352 g/mol. The molecule has 0 radical (unpaired) electrons. The first kappa shape index (κ1) is 17.4. The minimum absolute atomic E-state index is 0.0392. The molecule has 0 bridgehead atoms. The van der Waals surface area contributed by atoms with Crippen molar-refractivity contribution in [1.29, 1.82) is 0 Å². The molecule has 0 spiro atoms. The van der Waals surface area contributed by atoms with Gasteiger partial charge in [0, 0.05) is 50.2 Å². The van der Waals surface area contributed by atoms with Crippen LogP contribution in [0.1, 0.15) is 28.8 Å². The number of piperazine rings is 1. The SMILES string of the molecule is O=C(c1ccc(F)cc1)[C@@H]1CC[C@@H]2CN(Cc3ccccc3)CCN2C1. The maximum absolute atomic E-state index is 13.1. The standard InChI is InChI=1S/C22H25FN2O/c23-20-9-6-18(7-10-20)22(26)19-8-11-21-16-24(12-13-25(21)15-19)14-17-4-2-1-3-5-17/h1-7,9-10,19,21H,8,11-16H2/t19-,21-/m1/s1. The molecule has 4 rings (SSSR count). The summed E-state index contributed by atoms with van der Waals surface area (Å²) in [5.41, 5.74) is 2.00. The predicted molar refractivity (Wildman–Crippen MR) is 101 cm³/mol. The molecule has 2 atom stereocenters. The van der Waals surface area contributed by atoms with Crippen LogP contribution in [0.25, 0.3) is 0 Å². The molecule has 0 unspecified atom stereocenters. The van der Waals surface area contributed by atoms with Crippen molar-refractivity contribution in [2.24, 2.45) is 5.92 Å². The summed E-state index contributed by atoms with van der Waals surface area (Å²) in [6, 6.07) is 17.1. The van der Waals surface area contributed by atoms with Gasteiger partial charge < -0.3 is 0 Å². The number of piperidine rings is 1.